The molecule has 1 unspecified atom stereocenters. The van der Waals surface area contributed by atoms with Crippen molar-refractivity contribution in [3.63, 3.8) is 0 Å². The Balaban J connectivity index is 2.21. The maximum atomic E-state index is 9.61. The van der Waals surface area contributed by atoms with Crippen molar-refractivity contribution in [2.75, 3.05) is 33.9 Å². The molecule has 0 fully saturated rings. The SMILES string of the molecule is COCC(O)CN(C)CCCc1cccc(C)c1. The molecule has 0 heterocycles. The number of hydrogen-bond acceptors (Lipinski definition) is 3. The van der Waals surface area contributed by atoms with Gasteiger partial charge in [-0.05, 0) is 38.9 Å². The van der Waals surface area contributed by atoms with Gasteiger partial charge in [0, 0.05) is 13.7 Å². The molecule has 1 rings (SSSR count). The van der Waals surface area contributed by atoms with Crippen molar-refractivity contribution in [1.82, 2.24) is 4.90 Å². The molecule has 0 saturated heterocycles. The predicted octanol–water partition coefficient (Wildman–Crippen LogP) is 1.87. The Morgan fingerprint density at radius 2 is 2.17 bits per heavy atom. The number of benzene rings is 1. The Bertz CT molecular complexity index is 341. The van der Waals surface area contributed by atoms with E-state index < -0.39 is 0 Å². The fraction of sp³-hybridized carbons (Fsp3) is 0.600. The van der Waals surface area contributed by atoms with E-state index in [2.05, 4.69) is 36.1 Å². The van der Waals surface area contributed by atoms with Gasteiger partial charge in [-0.25, -0.2) is 0 Å². The zero-order valence-corrected chi connectivity index (χ0v) is 11.7. The van der Waals surface area contributed by atoms with Gasteiger partial charge in [0.05, 0.1) is 12.7 Å². The van der Waals surface area contributed by atoms with Crippen LogP contribution in [-0.2, 0) is 11.2 Å². The van der Waals surface area contributed by atoms with Crippen LogP contribution in [0.15, 0.2) is 24.3 Å². The molecule has 0 saturated carbocycles. The first kappa shape index (κ1) is 15.2. The lowest BCUT2D eigenvalue weighted by Crippen LogP contribution is -2.32. The molecule has 102 valence electrons. The Morgan fingerprint density at radius 1 is 1.39 bits per heavy atom. The Hall–Kier alpha value is -0.900. The Labute approximate surface area is 110 Å². The fourth-order valence-corrected chi connectivity index (χ4v) is 2.12. The molecule has 1 aromatic carbocycles. The van der Waals surface area contributed by atoms with Gasteiger partial charge in [0.25, 0.3) is 0 Å². The summed E-state index contributed by atoms with van der Waals surface area (Å²) in [5.74, 6) is 0. The van der Waals surface area contributed by atoms with Crippen LogP contribution in [0.1, 0.15) is 17.5 Å². The van der Waals surface area contributed by atoms with E-state index in [4.69, 9.17) is 4.74 Å². The van der Waals surface area contributed by atoms with Crippen LogP contribution in [0.25, 0.3) is 0 Å². The van der Waals surface area contributed by atoms with Gasteiger partial charge in [0.2, 0.25) is 0 Å². The first-order valence-electron chi connectivity index (χ1n) is 6.53. The second-order valence-corrected chi connectivity index (χ2v) is 4.96. The van der Waals surface area contributed by atoms with E-state index in [1.165, 1.54) is 11.1 Å². The van der Waals surface area contributed by atoms with E-state index >= 15 is 0 Å². The third-order valence-electron chi connectivity index (χ3n) is 2.97. The molecular weight excluding hydrogens is 226 g/mol. The van der Waals surface area contributed by atoms with Crippen LogP contribution in [0.2, 0.25) is 0 Å². The second-order valence-electron chi connectivity index (χ2n) is 4.96. The number of methoxy groups -OCH3 is 1. The molecule has 0 aromatic heterocycles. The van der Waals surface area contributed by atoms with E-state index in [0.29, 0.717) is 13.2 Å². The van der Waals surface area contributed by atoms with Gasteiger partial charge in [-0.15, -0.1) is 0 Å². The molecule has 18 heavy (non-hydrogen) atoms. The second kappa shape index (κ2) is 8.25. The topological polar surface area (TPSA) is 32.7 Å². The molecule has 0 bridgehead atoms. The highest BCUT2D eigenvalue weighted by Crippen LogP contribution is 2.07. The van der Waals surface area contributed by atoms with Crippen LogP contribution in [-0.4, -0.2) is 50.0 Å². The van der Waals surface area contributed by atoms with Crippen LogP contribution in [0.4, 0.5) is 0 Å². The van der Waals surface area contributed by atoms with Crippen LogP contribution in [0.3, 0.4) is 0 Å². The maximum absolute atomic E-state index is 9.61. The van der Waals surface area contributed by atoms with Crippen molar-refractivity contribution >= 4 is 0 Å². The zero-order valence-electron chi connectivity index (χ0n) is 11.7. The molecule has 0 aliphatic heterocycles. The highest BCUT2D eigenvalue weighted by molar-refractivity contribution is 5.22. The van der Waals surface area contributed by atoms with Gasteiger partial charge in [0.15, 0.2) is 0 Å². The number of aryl methyl sites for hydroxylation is 2. The molecule has 0 radical (unpaired) electrons. The van der Waals surface area contributed by atoms with Crippen LogP contribution in [0.5, 0.6) is 0 Å². The van der Waals surface area contributed by atoms with Crippen molar-refractivity contribution in [3.05, 3.63) is 35.4 Å². The molecule has 3 nitrogen and oxygen atoms in total. The van der Waals surface area contributed by atoms with Gasteiger partial charge < -0.3 is 14.7 Å². The van der Waals surface area contributed by atoms with Gasteiger partial charge >= 0.3 is 0 Å². The molecule has 0 amide bonds. The number of ether oxygens (including phenoxy) is 1. The average molecular weight is 251 g/mol. The number of rotatable bonds is 8. The quantitative estimate of drug-likeness (QED) is 0.765. The number of aliphatic hydroxyl groups excluding tert-OH is 1. The number of nitrogens with zero attached hydrogens (tertiary/aromatic N) is 1. The number of hydrogen-bond donors (Lipinski definition) is 1. The Morgan fingerprint density at radius 3 is 2.83 bits per heavy atom. The predicted molar refractivity (Wildman–Crippen MR) is 74.9 cm³/mol. The lowest BCUT2D eigenvalue weighted by Gasteiger charge is -2.19. The lowest BCUT2D eigenvalue weighted by molar-refractivity contribution is 0.0431. The molecule has 3 heteroatoms. The van der Waals surface area contributed by atoms with Crippen molar-refractivity contribution in [2.45, 2.75) is 25.9 Å². The summed E-state index contributed by atoms with van der Waals surface area (Å²) in [6.45, 7) is 4.19. The van der Waals surface area contributed by atoms with Crippen LogP contribution in [0, 0.1) is 6.92 Å². The van der Waals surface area contributed by atoms with Gasteiger partial charge in [0.1, 0.15) is 0 Å². The highest BCUT2D eigenvalue weighted by atomic mass is 16.5. The summed E-state index contributed by atoms with van der Waals surface area (Å²) in [6.07, 6.45) is 1.81. The van der Waals surface area contributed by atoms with Crippen LogP contribution < -0.4 is 0 Å². The minimum Gasteiger partial charge on any atom is -0.389 e. The summed E-state index contributed by atoms with van der Waals surface area (Å²) in [7, 11) is 3.65. The third kappa shape index (κ3) is 6.15. The van der Waals surface area contributed by atoms with Crippen molar-refractivity contribution in [1.29, 1.82) is 0 Å². The van der Waals surface area contributed by atoms with Crippen molar-refractivity contribution < 1.29 is 9.84 Å². The first-order chi connectivity index (χ1) is 8.61. The minimum absolute atomic E-state index is 0.390. The molecular formula is C15H25NO2. The van der Waals surface area contributed by atoms with Crippen molar-refractivity contribution in [3.8, 4) is 0 Å². The lowest BCUT2D eigenvalue weighted by atomic mass is 10.1. The minimum atomic E-state index is -0.390. The van der Waals surface area contributed by atoms with Gasteiger partial charge in [-0.3, -0.25) is 0 Å². The molecule has 0 aliphatic rings. The largest absolute Gasteiger partial charge is 0.389 e. The van der Waals surface area contributed by atoms with E-state index in [1.807, 2.05) is 7.05 Å². The standard InChI is InChI=1S/C15H25NO2/c1-13-6-4-7-14(10-13)8-5-9-16(2)11-15(17)12-18-3/h4,6-7,10,15,17H,5,8-9,11-12H2,1-3H3. The smallest absolute Gasteiger partial charge is 0.0899 e. The first-order valence-corrected chi connectivity index (χ1v) is 6.53. The number of aliphatic hydroxyl groups is 1. The van der Waals surface area contributed by atoms with Crippen LogP contribution >= 0.6 is 0 Å². The van der Waals surface area contributed by atoms with Gasteiger partial charge in [-0.2, -0.15) is 0 Å². The summed E-state index contributed by atoms with van der Waals surface area (Å²) in [4.78, 5) is 2.15. The third-order valence-corrected chi connectivity index (χ3v) is 2.97. The molecule has 0 spiro atoms. The number of likely N-dealkylation sites (N-methyl/N-ethyl adjacent to an activating group) is 1. The summed E-state index contributed by atoms with van der Waals surface area (Å²) in [5.41, 5.74) is 2.71. The fourth-order valence-electron chi connectivity index (χ4n) is 2.12. The van der Waals surface area contributed by atoms with E-state index in [0.717, 1.165) is 19.4 Å². The summed E-state index contributed by atoms with van der Waals surface area (Å²) < 4.78 is 4.91. The zero-order chi connectivity index (χ0) is 13.4. The highest BCUT2D eigenvalue weighted by Gasteiger charge is 2.07. The monoisotopic (exact) mass is 251 g/mol. The summed E-state index contributed by atoms with van der Waals surface area (Å²) in [5, 5.41) is 9.61. The van der Waals surface area contributed by atoms with Gasteiger partial charge in [-0.1, -0.05) is 29.8 Å². The molecule has 1 atom stereocenters. The van der Waals surface area contributed by atoms with E-state index in [1.54, 1.807) is 7.11 Å². The molecule has 1 N–H and O–H groups in total. The molecule has 0 aliphatic carbocycles. The molecule has 1 aromatic rings. The Kier molecular flexibility index (Phi) is 6.94. The average Bonchev–Trinajstić information content (AvgIpc) is 2.29. The summed E-state index contributed by atoms with van der Waals surface area (Å²) in [6, 6.07) is 8.64. The van der Waals surface area contributed by atoms with Crippen molar-refractivity contribution in [2.24, 2.45) is 0 Å². The summed E-state index contributed by atoms with van der Waals surface area (Å²) >= 11 is 0. The maximum Gasteiger partial charge on any atom is 0.0899 e. The van der Waals surface area contributed by atoms with E-state index in [9.17, 15) is 5.11 Å². The normalized spacial score (nSPS) is 12.9. The van der Waals surface area contributed by atoms with E-state index in [-0.39, 0.29) is 6.10 Å².